The van der Waals surface area contributed by atoms with E-state index in [2.05, 4.69) is 5.32 Å². The van der Waals surface area contributed by atoms with Crippen LogP contribution in [0.4, 0.5) is 5.69 Å². The number of amides is 1. The summed E-state index contributed by atoms with van der Waals surface area (Å²) in [5, 5.41) is 13.4. The first-order valence-corrected chi connectivity index (χ1v) is 6.75. The van der Waals surface area contributed by atoms with Gasteiger partial charge in [0.15, 0.2) is 0 Å². The van der Waals surface area contributed by atoms with E-state index in [4.69, 9.17) is 16.3 Å². The standard InChI is InChI=1S/C13H15ClN2O4/c14-11-4-3-10(7-12(11)16(18)19)13(17)15-5-6-20-8-9-1-2-9/h3-4,7,9H,1-2,5-6,8H2,(H,15,17). The van der Waals surface area contributed by atoms with Gasteiger partial charge in [-0.1, -0.05) is 11.6 Å². The van der Waals surface area contributed by atoms with Crippen LogP contribution in [0.1, 0.15) is 23.2 Å². The number of hydrogen-bond acceptors (Lipinski definition) is 4. The minimum absolute atomic E-state index is 0.0133. The minimum Gasteiger partial charge on any atom is -0.379 e. The second-order valence-electron chi connectivity index (χ2n) is 4.70. The summed E-state index contributed by atoms with van der Waals surface area (Å²) < 4.78 is 5.38. The molecule has 0 unspecified atom stereocenters. The predicted molar refractivity (Wildman–Crippen MR) is 74.0 cm³/mol. The van der Waals surface area contributed by atoms with Crippen molar-refractivity contribution in [2.24, 2.45) is 5.92 Å². The van der Waals surface area contributed by atoms with Gasteiger partial charge in [0.1, 0.15) is 5.02 Å². The molecule has 1 aromatic rings. The fraction of sp³-hybridized carbons (Fsp3) is 0.462. The van der Waals surface area contributed by atoms with Crippen molar-refractivity contribution in [2.45, 2.75) is 12.8 Å². The zero-order valence-corrected chi connectivity index (χ0v) is 11.6. The molecular formula is C13H15ClN2O4. The lowest BCUT2D eigenvalue weighted by Gasteiger charge is -2.06. The van der Waals surface area contributed by atoms with Crippen LogP contribution in [0, 0.1) is 16.0 Å². The Kier molecular flexibility index (Phi) is 4.92. The Morgan fingerprint density at radius 2 is 2.25 bits per heavy atom. The smallest absolute Gasteiger partial charge is 0.288 e. The summed E-state index contributed by atoms with van der Waals surface area (Å²) in [6.07, 6.45) is 2.45. The summed E-state index contributed by atoms with van der Waals surface area (Å²) in [7, 11) is 0. The van der Waals surface area contributed by atoms with Gasteiger partial charge in [0.2, 0.25) is 0 Å². The maximum absolute atomic E-state index is 11.8. The molecule has 0 bridgehead atoms. The van der Waals surface area contributed by atoms with Gasteiger partial charge in [0, 0.05) is 24.8 Å². The molecule has 0 heterocycles. The molecule has 1 aromatic carbocycles. The summed E-state index contributed by atoms with van der Waals surface area (Å²) in [6, 6.07) is 3.97. The number of nitrogens with zero attached hydrogens (tertiary/aromatic N) is 1. The lowest BCUT2D eigenvalue weighted by atomic mass is 10.2. The van der Waals surface area contributed by atoms with Gasteiger partial charge in [-0.25, -0.2) is 0 Å². The second kappa shape index (κ2) is 6.67. The number of carbonyl (C=O) groups excluding carboxylic acids is 1. The Labute approximate surface area is 121 Å². The number of rotatable bonds is 7. The van der Waals surface area contributed by atoms with Gasteiger partial charge in [0.05, 0.1) is 11.5 Å². The van der Waals surface area contributed by atoms with Crippen LogP contribution in [-0.4, -0.2) is 30.6 Å². The van der Waals surface area contributed by atoms with Crippen molar-refractivity contribution in [1.29, 1.82) is 0 Å². The summed E-state index contributed by atoms with van der Waals surface area (Å²) in [4.78, 5) is 21.9. The Hall–Kier alpha value is -1.66. The van der Waals surface area contributed by atoms with Gasteiger partial charge >= 0.3 is 0 Å². The van der Waals surface area contributed by atoms with E-state index >= 15 is 0 Å². The van der Waals surface area contributed by atoms with Gasteiger partial charge < -0.3 is 10.1 Å². The second-order valence-corrected chi connectivity index (χ2v) is 5.10. The molecule has 0 aliphatic heterocycles. The Balaban J connectivity index is 1.81. The molecular weight excluding hydrogens is 284 g/mol. The normalized spacial score (nSPS) is 14.1. The molecule has 2 rings (SSSR count). The average molecular weight is 299 g/mol. The number of carbonyl (C=O) groups is 1. The molecule has 1 fully saturated rings. The van der Waals surface area contributed by atoms with Crippen LogP contribution in [0.5, 0.6) is 0 Å². The molecule has 6 nitrogen and oxygen atoms in total. The van der Waals surface area contributed by atoms with Crippen molar-refractivity contribution in [3.05, 3.63) is 38.9 Å². The number of benzene rings is 1. The van der Waals surface area contributed by atoms with Crippen LogP contribution in [0.3, 0.4) is 0 Å². The largest absolute Gasteiger partial charge is 0.379 e. The molecule has 1 N–H and O–H groups in total. The maximum atomic E-state index is 11.8. The highest BCUT2D eigenvalue weighted by atomic mass is 35.5. The van der Waals surface area contributed by atoms with Crippen molar-refractivity contribution < 1.29 is 14.5 Å². The van der Waals surface area contributed by atoms with Crippen molar-refractivity contribution in [1.82, 2.24) is 5.32 Å². The van der Waals surface area contributed by atoms with Gasteiger partial charge in [-0.05, 0) is 30.9 Å². The van der Waals surface area contributed by atoms with Crippen LogP contribution in [0.2, 0.25) is 5.02 Å². The van der Waals surface area contributed by atoms with Crippen molar-refractivity contribution in [3.63, 3.8) is 0 Å². The summed E-state index contributed by atoms with van der Waals surface area (Å²) in [5.74, 6) is 0.310. The zero-order chi connectivity index (χ0) is 14.5. The van der Waals surface area contributed by atoms with Crippen LogP contribution in [0.25, 0.3) is 0 Å². The highest BCUT2D eigenvalue weighted by Crippen LogP contribution is 2.28. The first-order chi connectivity index (χ1) is 9.58. The van der Waals surface area contributed by atoms with E-state index in [1.54, 1.807) is 0 Å². The van der Waals surface area contributed by atoms with Gasteiger partial charge in [-0.2, -0.15) is 0 Å². The van der Waals surface area contributed by atoms with E-state index in [0.29, 0.717) is 19.1 Å². The van der Waals surface area contributed by atoms with Gasteiger partial charge in [-0.15, -0.1) is 0 Å². The predicted octanol–water partition coefficient (Wildman–Crippen LogP) is 2.40. The molecule has 0 spiro atoms. The Morgan fingerprint density at radius 1 is 1.50 bits per heavy atom. The number of ether oxygens (including phenoxy) is 1. The lowest BCUT2D eigenvalue weighted by molar-refractivity contribution is -0.384. The van der Waals surface area contributed by atoms with E-state index < -0.39 is 4.92 Å². The monoisotopic (exact) mass is 298 g/mol. The molecule has 0 aromatic heterocycles. The van der Waals surface area contributed by atoms with E-state index in [9.17, 15) is 14.9 Å². The Morgan fingerprint density at radius 3 is 2.90 bits per heavy atom. The Bertz CT molecular complexity index is 517. The van der Waals surface area contributed by atoms with Crippen LogP contribution < -0.4 is 5.32 Å². The van der Waals surface area contributed by atoms with Gasteiger partial charge in [0.25, 0.3) is 11.6 Å². The highest BCUT2D eigenvalue weighted by molar-refractivity contribution is 6.32. The minimum atomic E-state index is -0.613. The highest BCUT2D eigenvalue weighted by Gasteiger charge is 2.21. The number of nitro benzene ring substituents is 1. The summed E-state index contributed by atoms with van der Waals surface area (Å²) in [6.45, 7) is 1.56. The first-order valence-electron chi connectivity index (χ1n) is 6.38. The molecule has 0 radical (unpaired) electrons. The number of hydrogen-bond donors (Lipinski definition) is 1. The maximum Gasteiger partial charge on any atom is 0.288 e. The third kappa shape index (κ3) is 4.18. The summed E-state index contributed by atoms with van der Waals surface area (Å²) >= 11 is 5.68. The summed E-state index contributed by atoms with van der Waals surface area (Å²) in [5.41, 5.74) is -0.0624. The topological polar surface area (TPSA) is 81.5 Å². The van der Waals surface area contributed by atoms with Crippen LogP contribution in [-0.2, 0) is 4.74 Å². The molecule has 0 saturated heterocycles. The molecule has 7 heteroatoms. The molecule has 1 saturated carbocycles. The zero-order valence-electron chi connectivity index (χ0n) is 10.8. The molecule has 1 amide bonds. The van der Waals surface area contributed by atoms with E-state index in [1.165, 1.54) is 31.0 Å². The fourth-order valence-corrected chi connectivity index (χ4v) is 1.85. The first kappa shape index (κ1) is 14.7. The third-order valence-electron chi connectivity index (χ3n) is 2.99. The van der Waals surface area contributed by atoms with E-state index in [-0.39, 0.29) is 22.2 Å². The van der Waals surface area contributed by atoms with Crippen molar-refractivity contribution >= 4 is 23.2 Å². The average Bonchev–Trinajstić information content (AvgIpc) is 3.22. The number of halogens is 1. The fourth-order valence-electron chi connectivity index (χ4n) is 1.67. The lowest BCUT2D eigenvalue weighted by Crippen LogP contribution is -2.27. The van der Waals surface area contributed by atoms with E-state index in [0.717, 1.165) is 6.61 Å². The van der Waals surface area contributed by atoms with Gasteiger partial charge in [-0.3, -0.25) is 14.9 Å². The molecule has 108 valence electrons. The van der Waals surface area contributed by atoms with Crippen LogP contribution >= 0.6 is 11.6 Å². The molecule has 0 atom stereocenters. The SMILES string of the molecule is O=C(NCCOCC1CC1)c1ccc(Cl)c([N+](=O)[O-])c1. The molecule has 1 aliphatic rings. The third-order valence-corrected chi connectivity index (χ3v) is 3.31. The quantitative estimate of drug-likeness (QED) is 0.476. The van der Waals surface area contributed by atoms with Crippen molar-refractivity contribution in [2.75, 3.05) is 19.8 Å². The number of nitro groups is 1. The van der Waals surface area contributed by atoms with Crippen molar-refractivity contribution in [3.8, 4) is 0 Å². The number of nitrogens with one attached hydrogen (secondary N) is 1. The molecule has 1 aliphatic carbocycles. The van der Waals surface area contributed by atoms with E-state index in [1.807, 2.05) is 0 Å². The van der Waals surface area contributed by atoms with Crippen LogP contribution in [0.15, 0.2) is 18.2 Å². The molecule has 20 heavy (non-hydrogen) atoms.